The van der Waals surface area contributed by atoms with Crippen LogP contribution < -0.4 is 10.2 Å². The van der Waals surface area contributed by atoms with Gasteiger partial charge >= 0.3 is 0 Å². The van der Waals surface area contributed by atoms with Gasteiger partial charge in [-0.15, -0.1) is 0 Å². The molecule has 0 radical (unpaired) electrons. The van der Waals surface area contributed by atoms with Crippen LogP contribution in [-0.2, 0) is 9.53 Å². The zero-order chi connectivity index (χ0) is 25.2. The molecule has 2 aliphatic rings. The molecule has 0 spiro atoms. The maximum Gasteiger partial charge on any atom is 0.296 e. The van der Waals surface area contributed by atoms with E-state index in [-0.39, 0.29) is 23.9 Å². The summed E-state index contributed by atoms with van der Waals surface area (Å²) in [6, 6.07) is 7.26. The number of morpholine rings is 1. The molecule has 0 unspecified atom stereocenters. The Kier molecular flexibility index (Phi) is 6.95. The first kappa shape index (κ1) is 24.3. The maximum atomic E-state index is 14.0. The van der Waals surface area contributed by atoms with Crippen LogP contribution in [0.15, 0.2) is 24.3 Å². The van der Waals surface area contributed by atoms with Crippen molar-refractivity contribution in [1.82, 2.24) is 29.4 Å². The number of nitrogens with zero attached hydrogens (tertiary/aromatic N) is 7. The summed E-state index contributed by atoms with van der Waals surface area (Å²) in [6.45, 7) is 3.84. The molecule has 2 aromatic heterocycles. The number of carbonyl (C=O) groups is 1. The Balaban J connectivity index is 1.48. The van der Waals surface area contributed by atoms with Gasteiger partial charge in [-0.2, -0.15) is 15.0 Å². The van der Waals surface area contributed by atoms with Gasteiger partial charge in [0.25, 0.3) is 6.43 Å². The number of hydrogen-bond acceptors (Lipinski definition) is 8. The van der Waals surface area contributed by atoms with E-state index >= 15 is 0 Å². The van der Waals surface area contributed by atoms with Crippen LogP contribution in [0.4, 0.5) is 20.7 Å². The van der Waals surface area contributed by atoms with Crippen molar-refractivity contribution in [2.75, 3.05) is 43.6 Å². The van der Waals surface area contributed by atoms with Gasteiger partial charge in [0.1, 0.15) is 0 Å². The summed E-state index contributed by atoms with van der Waals surface area (Å²) in [7, 11) is 1.84. The standard InChI is InChI=1S/C24H30F2N8O2/c1-15(35)32(2)17-9-7-16(8-10-17)27-22-29-23(33-11-13-36-14-12-33)31-24(30-22)34-19-6-4-3-5-18(19)28-21(34)20(25)26/h3-6,16-17,20H,7-14H2,1-2H3,(H,27,29,30,31). The highest BCUT2D eigenvalue weighted by molar-refractivity contribution is 5.77. The number of anilines is 2. The summed E-state index contributed by atoms with van der Waals surface area (Å²) in [5.74, 6) is 0.500. The van der Waals surface area contributed by atoms with E-state index in [0.717, 1.165) is 25.7 Å². The van der Waals surface area contributed by atoms with E-state index in [0.29, 0.717) is 49.2 Å². The number of ether oxygens (including phenoxy) is 1. The molecule has 36 heavy (non-hydrogen) atoms. The quantitative estimate of drug-likeness (QED) is 0.551. The highest BCUT2D eigenvalue weighted by Gasteiger charge is 2.28. The van der Waals surface area contributed by atoms with Crippen molar-refractivity contribution in [3.05, 3.63) is 30.1 Å². The van der Waals surface area contributed by atoms with Gasteiger partial charge in [-0.05, 0) is 37.8 Å². The number of rotatable bonds is 6. The number of amides is 1. The molecule has 2 fully saturated rings. The number of hydrogen-bond donors (Lipinski definition) is 1. The number of benzene rings is 1. The molecule has 1 aromatic carbocycles. The molecular formula is C24H30F2N8O2. The van der Waals surface area contributed by atoms with Gasteiger partial charge in [0.05, 0.1) is 24.2 Å². The lowest BCUT2D eigenvalue weighted by Gasteiger charge is -2.34. The Morgan fingerprint density at radius 3 is 2.44 bits per heavy atom. The smallest absolute Gasteiger partial charge is 0.296 e. The van der Waals surface area contributed by atoms with Crippen LogP contribution in [0.25, 0.3) is 17.0 Å². The minimum absolute atomic E-state index is 0.0612. The second-order valence-corrected chi connectivity index (χ2v) is 9.23. The molecule has 5 rings (SSSR count). The molecule has 1 amide bonds. The Morgan fingerprint density at radius 1 is 1.06 bits per heavy atom. The Bertz CT molecular complexity index is 1220. The molecule has 1 N–H and O–H groups in total. The highest BCUT2D eigenvalue weighted by Crippen LogP contribution is 2.29. The van der Waals surface area contributed by atoms with Crippen molar-refractivity contribution in [2.45, 2.75) is 51.1 Å². The lowest BCUT2D eigenvalue weighted by molar-refractivity contribution is -0.130. The summed E-state index contributed by atoms with van der Waals surface area (Å²) in [5, 5.41) is 3.40. The predicted molar refractivity (Wildman–Crippen MR) is 131 cm³/mol. The van der Waals surface area contributed by atoms with Gasteiger partial charge in [0.15, 0.2) is 5.82 Å². The number of carbonyl (C=O) groups excluding carboxylic acids is 1. The first-order chi connectivity index (χ1) is 17.4. The Morgan fingerprint density at radius 2 is 1.75 bits per heavy atom. The van der Waals surface area contributed by atoms with E-state index in [2.05, 4.69) is 25.3 Å². The lowest BCUT2D eigenvalue weighted by atomic mass is 9.90. The first-order valence-corrected chi connectivity index (χ1v) is 12.3. The monoisotopic (exact) mass is 500 g/mol. The van der Waals surface area contributed by atoms with Crippen molar-refractivity contribution >= 4 is 28.8 Å². The summed E-state index contributed by atoms with van der Waals surface area (Å²) in [6.07, 6.45) is 0.609. The van der Waals surface area contributed by atoms with Gasteiger partial charge in [-0.3, -0.25) is 9.36 Å². The van der Waals surface area contributed by atoms with E-state index in [1.54, 1.807) is 36.1 Å². The molecule has 12 heteroatoms. The third-order valence-electron chi connectivity index (χ3n) is 6.96. The minimum Gasteiger partial charge on any atom is -0.378 e. The minimum atomic E-state index is -2.80. The van der Waals surface area contributed by atoms with E-state index in [1.165, 1.54) is 4.57 Å². The maximum absolute atomic E-state index is 14.0. The molecule has 0 bridgehead atoms. The summed E-state index contributed by atoms with van der Waals surface area (Å²) >= 11 is 0. The van der Waals surface area contributed by atoms with Crippen molar-refractivity contribution in [3.63, 3.8) is 0 Å². The predicted octanol–water partition coefficient (Wildman–Crippen LogP) is 3.19. The highest BCUT2D eigenvalue weighted by atomic mass is 19.3. The van der Waals surface area contributed by atoms with Crippen molar-refractivity contribution in [3.8, 4) is 5.95 Å². The molecule has 3 aromatic rings. The molecule has 1 saturated heterocycles. The topological polar surface area (TPSA) is 101 Å². The SMILES string of the molecule is CC(=O)N(C)C1CCC(Nc2nc(N3CCOCC3)nc(-n3c(C(F)F)nc4ccccc43)n2)CC1. The first-order valence-electron chi connectivity index (χ1n) is 12.3. The second kappa shape index (κ2) is 10.3. The number of fused-ring (bicyclic) bond motifs is 1. The van der Waals surface area contributed by atoms with E-state index < -0.39 is 12.2 Å². The van der Waals surface area contributed by atoms with Crippen LogP contribution in [0.1, 0.15) is 44.9 Å². The van der Waals surface area contributed by atoms with Gasteiger partial charge in [0, 0.05) is 39.1 Å². The zero-order valence-electron chi connectivity index (χ0n) is 20.4. The summed E-state index contributed by atoms with van der Waals surface area (Å²) < 4.78 is 34.8. The number of para-hydroxylation sites is 2. The third kappa shape index (κ3) is 4.95. The van der Waals surface area contributed by atoms with E-state index in [9.17, 15) is 13.6 Å². The molecule has 0 atom stereocenters. The second-order valence-electron chi connectivity index (χ2n) is 9.23. The zero-order valence-corrected chi connectivity index (χ0v) is 20.4. The fourth-order valence-corrected chi connectivity index (χ4v) is 4.87. The van der Waals surface area contributed by atoms with Crippen molar-refractivity contribution in [1.29, 1.82) is 0 Å². The van der Waals surface area contributed by atoms with E-state index in [4.69, 9.17) is 4.74 Å². The van der Waals surface area contributed by atoms with Crippen molar-refractivity contribution < 1.29 is 18.3 Å². The van der Waals surface area contributed by atoms with Crippen LogP contribution in [0.3, 0.4) is 0 Å². The molecule has 1 aliphatic heterocycles. The molecular weight excluding hydrogens is 470 g/mol. The Labute approximate surface area is 207 Å². The third-order valence-corrected chi connectivity index (χ3v) is 6.96. The lowest BCUT2D eigenvalue weighted by Crippen LogP contribution is -2.41. The number of alkyl halides is 2. The molecule has 10 nitrogen and oxygen atoms in total. The van der Waals surface area contributed by atoms with E-state index in [1.807, 2.05) is 11.9 Å². The molecule has 1 saturated carbocycles. The van der Waals surface area contributed by atoms with Crippen LogP contribution >= 0.6 is 0 Å². The molecule has 192 valence electrons. The average Bonchev–Trinajstić information content (AvgIpc) is 3.29. The largest absolute Gasteiger partial charge is 0.378 e. The van der Waals surface area contributed by atoms with Gasteiger partial charge in [-0.25, -0.2) is 13.8 Å². The van der Waals surface area contributed by atoms with Gasteiger partial charge < -0.3 is 19.9 Å². The number of nitrogens with one attached hydrogen (secondary N) is 1. The normalized spacial score (nSPS) is 20.6. The number of aromatic nitrogens is 5. The number of imidazole rings is 1. The van der Waals surface area contributed by atoms with Gasteiger partial charge in [0.2, 0.25) is 23.8 Å². The van der Waals surface area contributed by atoms with Crippen LogP contribution in [0.5, 0.6) is 0 Å². The van der Waals surface area contributed by atoms with Crippen LogP contribution in [0.2, 0.25) is 0 Å². The summed E-state index contributed by atoms with van der Waals surface area (Å²) in [5.41, 5.74) is 0.953. The fraction of sp³-hybridized carbons (Fsp3) is 0.542. The fourth-order valence-electron chi connectivity index (χ4n) is 4.87. The van der Waals surface area contributed by atoms with Crippen LogP contribution in [0, 0.1) is 0 Å². The van der Waals surface area contributed by atoms with Gasteiger partial charge in [-0.1, -0.05) is 12.1 Å². The molecule has 1 aliphatic carbocycles. The Hall–Kier alpha value is -3.41. The summed E-state index contributed by atoms with van der Waals surface area (Å²) in [4.78, 5) is 33.5. The average molecular weight is 501 g/mol. The van der Waals surface area contributed by atoms with Crippen LogP contribution in [-0.4, -0.2) is 80.7 Å². The molecule has 3 heterocycles. The number of halogens is 2. The van der Waals surface area contributed by atoms with Crippen molar-refractivity contribution in [2.24, 2.45) is 0 Å².